The van der Waals surface area contributed by atoms with Gasteiger partial charge in [0.05, 0.1) is 11.7 Å². The summed E-state index contributed by atoms with van der Waals surface area (Å²) in [6.45, 7) is 7.50. The van der Waals surface area contributed by atoms with Crippen LogP contribution in [-0.4, -0.2) is 35.6 Å². The molecule has 0 spiro atoms. The molecule has 1 heterocycles. The van der Waals surface area contributed by atoms with Crippen LogP contribution in [0.2, 0.25) is 0 Å². The van der Waals surface area contributed by atoms with Gasteiger partial charge in [0.1, 0.15) is 18.5 Å². The van der Waals surface area contributed by atoms with Crippen molar-refractivity contribution in [2.24, 2.45) is 0 Å². The highest BCUT2D eigenvalue weighted by Crippen LogP contribution is 2.20. The maximum atomic E-state index is 11.7. The van der Waals surface area contributed by atoms with E-state index in [1.165, 1.54) is 0 Å². The lowest BCUT2D eigenvalue weighted by Crippen LogP contribution is -2.40. The van der Waals surface area contributed by atoms with Gasteiger partial charge in [-0.25, -0.2) is 9.78 Å². The zero-order valence-corrected chi connectivity index (χ0v) is 15.5. The van der Waals surface area contributed by atoms with E-state index >= 15 is 0 Å². The molecule has 138 valence electrons. The highest BCUT2D eigenvalue weighted by Gasteiger charge is 2.18. The molecule has 26 heavy (non-hydrogen) atoms. The largest absolute Gasteiger partial charge is 0.475 e. The van der Waals surface area contributed by atoms with Crippen molar-refractivity contribution in [1.82, 2.24) is 10.3 Å². The molecule has 0 saturated carbocycles. The zero-order chi connectivity index (χ0) is 19.2. The van der Waals surface area contributed by atoms with Crippen LogP contribution in [0, 0.1) is 0 Å². The normalized spacial score (nSPS) is 12.2. The maximum Gasteiger partial charge on any atom is 0.407 e. The fourth-order valence-electron chi connectivity index (χ4n) is 2.19. The van der Waals surface area contributed by atoms with Gasteiger partial charge in [0.25, 0.3) is 0 Å². The van der Waals surface area contributed by atoms with Crippen molar-refractivity contribution in [3.8, 4) is 17.1 Å². The summed E-state index contributed by atoms with van der Waals surface area (Å²) >= 11 is 0. The Labute approximate surface area is 153 Å². The van der Waals surface area contributed by atoms with Gasteiger partial charge < -0.3 is 14.8 Å². The number of carbonyl (C=O) groups excluding carboxylic acids is 2. The average molecular weight is 356 g/mol. The molecule has 0 radical (unpaired) electrons. The molecule has 6 heteroatoms. The SMILES string of the molecule is CC(COc1cccc(-c2cccc(C=O)c2)n1)NC(=O)OC(C)(C)C. The van der Waals surface area contributed by atoms with Crippen LogP contribution in [-0.2, 0) is 4.74 Å². The summed E-state index contributed by atoms with van der Waals surface area (Å²) in [4.78, 5) is 27.1. The van der Waals surface area contributed by atoms with Crippen molar-refractivity contribution < 1.29 is 19.1 Å². The Bertz CT molecular complexity index is 768. The van der Waals surface area contributed by atoms with E-state index in [9.17, 15) is 9.59 Å². The summed E-state index contributed by atoms with van der Waals surface area (Å²) in [6.07, 6.45) is 0.314. The summed E-state index contributed by atoms with van der Waals surface area (Å²) in [5.74, 6) is 0.442. The third-order valence-electron chi connectivity index (χ3n) is 3.29. The first-order valence-corrected chi connectivity index (χ1v) is 8.42. The van der Waals surface area contributed by atoms with Gasteiger partial charge in [-0.2, -0.15) is 0 Å². The van der Waals surface area contributed by atoms with Crippen molar-refractivity contribution >= 4 is 12.4 Å². The highest BCUT2D eigenvalue weighted by atomic mass is 16.6. The Hall–Kier alpha value is -2.89. The monoisotopic (exact) mass is 356 g/mol. The summed E-state index contributed by atoms with van der Waals surface area (Å²) in [5, 5.41) is 2.72. The molecule has 1 atom stereocenters. The second-order valence-electron chi connectivity index (χ2n) is 6.96. The quantitative estimate of drug-likeness (QED) is 0.796. The molecule has 1 amide bonds. The number of amides is 1. The lowest BCUT2D eigenvalue weighted by atomic mass is 10.1. The fourth-order valence-corrected chi connectivity index (χ4v) is 2.19. The van der Waals surface area contributed by atoms with Crippen molar-refractivity contribution in [2.75, 3.05) is 6.61 Å². The molecule has 1 aromatic carbocycles. The summed E-state index contributed by atoms with van der Waals surface area (Å²) in [5.41, 5.74) is 1.58. The summed E-state index contributed by atoms with van der Waals surface area (Å²) in [7, 11) is 0. The van der Waals surface area contributed by atoms with E-state index in [-0.39, 0.29) is 12.6 Å². The lowest BCUT2D eigenvalue weighted by molar-refractivity contribution is 0.0493. The second kappa shape index (κ2) is 8.47. The van der Waals surface area contributed by atoms with E-state index in [0.29, 0.717) is 17.1 Å². The minimum atomic E-state index is -0.545. The van der Waals surface area contributed by atoms with Crippen molar-refractivity contribution in [3.63, 3.8) is 0 Å². The fraction of sp³-hybridized carbons (Fsp3) is 0.350. The molecule has 0 bridgehead atoms. The Balaban J connectivity index is 1.96. The number of hydrogen-bond donors (Lipinski definition) is 1. The molecular formula is C20H24N2O4. The van der Waals surface area contributed by atoms with Gasteiger partial charge in [-0.15, -0.1) is 0 Å². The molecule has 2 aromatic rings. The van der Waals surface area contributed by atoms with Crippen molar-refractivity contribution in [1.29, 1.82) is 0 Å². The Morgan fingerprint density at radius 1 is 1.23 bits per heavy atom. The average Bonchev–Trinajstić information content (AvgIpc) is 2.58. The first kappa shape index (κ1) is 19.4. The molecule has 1 unspecified atom stereocenters. The number of benzene rings is 1. The summed E-state index contributed by atoms with van der Waals surface area (Å²) in [6, 6.07) is 12.4. The van der Waals surface area contributed by atoms with Crippen LogP contribution in [0.1, 0.15) is 38.1 Å². The summed E-state index contributed by atoms with van der Waals surface area (Å²) < 4.78 is 10.9. The van der Waals surface area contributed by atoms with Crippen LogP contribution >= 0.6 is 0 Å². The number of nitrogens with one attached hydrogen (secondary N) is 1. The third kappa shape index (κ3) is 6.20. The molecule has 0 aliphatic carbocycles. The number of pyridine rings is 1. The van der Waals surface area contributed by atoms with Crippen LogP contribution in [0.25, 0.3) is 11.3 Å². The minimum Gasteiger partial charge on any atom is -0.475 e. The van der Waals surface area contributed by atoms with Gasteiger partial charge in [0.2, 0.25) is 5.88 Å². The number of aldehydes is 1. The molecule has 2 rings (SSSR count). The van der Waals surface area contributed by atoms with Crippen molar-refractivity contribution in [3.05, 3.63) is 48.0 Å². The number of hydrogen-bond acceptors (Lipinski definition) is 5. The first-order valence-electron chi connectivity index (χ1n) is 8.42. The van der Waals surface area contributed by atoms with E-state index < -0.39 is 11.7 Å². The maximum absolute atomic E-state index is 11.7. The molecule has 6 nitrogen and oxygen atoms in total. The number of aromatic nitrogens is 1. The molecule has 1 aromatic heterocycles. The van der Waals surface area contributed by atoms with Crippen LogP contribution < -0.4 is 10.1 Å². The van der Waals surface area contributed by atoms with E-state index in [0.717, 1.165) is 11.8 Å². The van der Waals surface area contributed by atoms with E-state index in [1.54, 1.807) is 24.3 Å². The van der Waals surface area contributed by atoms with Crippen LogP contribution in [0.15, 0.2) is 42.5 Å². The smallest absolute Gasteiger partial charge is 0.407 e. The van der Waals surface area contributed by atoms with Gasteiger partial charge in [-0.3, -0.25) is 4.79 Å². The highest BCUT2D eigenvalue weighted by molar-refractivity contribution is 5.78. The third-order valence-corrected chi connectivity index (χ3v) is 3.29. The van der Waals surface area contributed by atoms with Gasteiger partial charge in [-0.1, -0.05) is 24.3 Å². The molecule has 0 fully saturated rings. The molecule has 0 aliphatic heterocycles. The number of nitrogens with zero attached hydrogens (tertiary/aromatic N) is 1. The van der Waals surface area contributed by atoms with Gasteiger partial charge in [-0.05, 0) is 39.8 Å². The van der Waals surface area contributed by atoms with Gasteiger partial charge >= 0.3 is 6.09 Å². The first-order chi connectivity index (χ1) is 12.3. The lowest BCUT2D eigenvalue weighted by Gasteiger charge is -2.22. The molecule has 0 saturated heterocycles. The standard InChI is InChI=1S/C20H24N2O4/c1-14(21-19(24)26-20(2,3)4)13-25-18-10-6-9-17(22-18)16-8-5-7-15(11-16)12-23/h5-12,14H,13H2,1-4H3,(H,21,24). The van der Waals surface area contributed by atoms with Crippen LogP contribution in [0.3, 0.4) is 0 Å². The predicted octanol–water partition coefficient (Wildman–Crippen LogP) is 3.85. The van der Waals surface area contributed by atoms with Crippen LogP contribution in [0.5, 0.6) is 5.88 Å². The van der Waals surface area contributed by atoms with E-state index in [2.05, 4.69) is 10.3 Å². The minimum absolute atomic E-state index is 0.242. The number of alkyl carbamates (subject to hydrolysis) is 1. The van der Waals surface area contributed by atoms with Crippen molar-refractivity contribution in [2.45, 2.75) is 39.3 Å². The number of carbonyl (C=O) groups is 2. The van der Waals surface area contributed by atoms with Crippen LogP contribution in [0.4, 0.5) is 4.79 Å². The second-order valence-corrected chi connectivity index (χ2v) is 6.96. The molecular weight excluding hydrogens is 332 g/mol. The Morgan fingerprint density at radius 2 is 1.96 bits per heavy atom. The van der Waals surface area contributed by atoms with Gasteiger partial charge in [0, 0.05) is 17.2 Å². The number of ether oxygens (including phenoxy) is 2. The Kier molecular flexibility index (Phi) is 6.33. The van der Waals surface area contributed by atoms with Gasteiger partial charge in [0.15, 0.2) is 0 Å². The predicted molar refractivity (Wildman–Crippen MR) is 99.4 cm³/mol. The Morgan fingerprint density at radius 3 is 2.65 bits per heavy atom. The van der Waals surface area contributed by atoms with E-state index in [1.807, 2.05) is 45.9 Å². The molecule has 1 N–H and O–H groups in total. The molecule has 0 aliphatic rings. The topological polar surface area (TPSA) is 77.5 Å². The zero-order valence-electron chi connectivity index (χ0n) is 15.5. The van der Waals surface area contributed by atoms with E-state index in [4.69, 9.17) is 9.47 Å². The number of rotatable bonds is 6.